The van der Waals surface area contributed by atoms with E-state index >= 15 is 0 Å². The predicted octanol–water partition coefficient (Wildman–Crippen LogP) is 2.81. The van der Waals surface area contributed by atoms with Gasteiger partial charge in [-0.1, -0.05) is 41.7 Å². The zero-order chi connectivity index (χ0) is 20.7. The summed E-state index contributed by atoms with van der Waals surface area (Å²) < 4.78 is 1.32. The molecule has 0 saturated carbocycles. The van der Waals surface area contributed by atoms with Crippen LogP contribution in [-0.2, 0) is 4.79 Å². The Morgan fingerprint density at radius 1 is 1.21 bits per heavy atom. The van der Waals surface area contributed by atoms with Crippen LogP contribution in [-0.4, -0.2) is 25.3 Å². The summed E-state index contributed by atoms with van der Waals surface area (Å²) in [6.45, 7) is 0. The minimum absolute atomic E-state index is 0.00526. The van der Waals surface area contributed by atoms with Crippen molar-refractivity contribution in [3.8, 4) is 10.6 Å². The zero-order valence-electron chi connectivity index (χ0n) is 14.4. The van der Waals surface area contributed by atoms with E-state index in [9.17, 15) is 19.7 Å². The SMILES string of the molecule is Nc1c(C=C2C=C([N+](=O)[O-])C=C(Br)C2=O)c(=O)nc2sc(-c3ccccc3)nn12. The summed E-state index contributed by atoms with van der Waals surface area (Å²) in [5.41, 5.74) is 5.88. The second-order valence-electron chi connectivity index (χ2n) is 5.93. The number of carbonyl (C=O) groups is 1. The van der Waals surface area contributed by atoms with Crippen LogP contribution in [0.1, 0.15) is 5.56 Å². The van der Waals surface area contributed by atoms with Crippen molar-refractivity contribution in [3.05, 3.63) is 84.3 Å². The van der Waals surface area contributed by atoms with Gasteiger partial charge in [0.25, 0.3) is 11.3 Å². The second-order valence-corrected chi connectivity index (χ2v) is 7.74. The first kappa shape index (κ1) is 18.9. The van der Waals surface area contributed by atoms with Crippen LogP contribution in [0.15, 0.2) is 63.0 Å². The maximum Gasteiger partial charge on any atom is 0.283 e. The summed E-state index contributed by atoms with van der Waals surface area (Å²) in [6, 6.07) is 9.32. The van der Waals surface area contributed by atoms with Gasteiger partial charge in [-0.25, -0.2) is 0 Å². The summed E-state index contributed by atoms with van der Waals surface area (Å²) in [5.74, 6) is -0.525. The Kier molecular flexibility index (Phi) is 4.68. The molecule has 0 radical (unpaired) electrons. The van der Waals surface area contributed by atoms with Gasteiger partial charge in [0.05, 0.1) is 15.0 Å². The fraction of sp³-hybridized carbons (Fsp3) is 0. The maximum atomic E-state index is 12.5. The van der Waals surface area contributed by atoms with Crippen LogP contribution < -0.4 is 11.3 Å². The molecule has 9 nitrogen and oxygen atoms in total. The van der Waals surface area contributed by atoms with Crippen molar-refractivity contribution in [1.82, 2.24) is 14.6 Å². The molecule has 0 atom stereocenters. The molecule has 0 unspecified atom stereocenters. The molecule has 29 heavy (non-hydrogen) atoms. The standard InChI is InChI=1S/C18H10BrN5O4S/c19-13-8-11(24(27)28)6-10(14(13)25)7-12-15(20)23-18(21-16(12)26)29-17(22-23)9-4-2-1-3-5-9/h1-8H,20H2. The van der Waals surface area contributed by atoms with Crippen molar-refractivity contribution < 1.29 is 9.72 Å². The van der Waals surface area contributed by atoms with E-state index in [1.165, 1.54) is 21.9 Å². The number of hydrogen-bond acceptors (Lipinski definition) is 8. The number of nitrogens with zero attached hydrogens (tertiary/aromatic N) is 4. The monoisotopic (exact) mass is 471 g/mol. The molecular formula is C18H10BrN5O4S. The molecule has 0 bridgehead atoms. The lowest BCUT2D eigenvalue weighted by atomic mass is 10.0. The molecule has 0 spiro atoms. The Labute approximate surface area is 174 Å². The summed E-state index contributed by atoms with van der Waals surface area (Å²) in [7, 11) is 0. The van der Waals surface area contributed by atoms with E-state index in [1.807, 2.05) is 30.3 Å². The van der Waals surface area contributed by atoms with Crippen molar-refractivity contribution >= 4 is 49.9 Å². The number of benzene rings is 1. The van der Waals surface area contributed by atoms with E-state index in [-0.39, 0.29) is 27.1 Å². The number of anilines is 1. The lowest BCUT2D eigenvalue weighted by Crippen LogP contribution is -2.18. The Hall–Kier alpha value is -3.44. The highest BCUT2D eigenvalue weighted by molar-refractivity contribution is 9.12. The van der Waals surface area contributed by atoms with E-state index in [1.54, 1.807) is 0 Å². The van der Waals surface area contributed by atoms with Gasteiger partial charge in [-0.05, 0) is 22.0 Å². The predicted molar refractivity (Wildman–Crippen MR) is 112 cm³/mol. The number of rotatable bonds is 3. The van der Waals surface area contributed by atoms with Gasteiger partial charge in [0, 0.05) is 23.3 Å². The number of carbonyl (C=O) groups excluding carboxylic acids is 1. The number of fused-ring (bicyclic) bond motifs is 1. The molecule has 2 N–H and O–H groups in total. The number of aromatic nitrogens is 3. The first-order valence-electron chi connectivity index (χ1n) is 8.09. The molecule has 0 amide bonds. The molecule has 1 aromatic carbocycles. The van der Waals surface area contributed by atoms with Gasteiger partial charge < -0.3 is 5.73 Å². The van der Waals surface area contributed by atoms with E-state index in [0.29, 0.717) is 9.97 Å². The Morgan fingerprint density at radius 3 is 2.62 bits per heavy atom. The lowest BCUT2D eigenvalue weighted by molar-refractivity contribution is -0.419. The highest BCUT2D eigenvalue weighted by Gasteiger charge is 2.24. The third-order valence-corrected chi connectivity index (χ3v) is 5.63. The van der Waals surface area contributed by atoms with Crippen molar-refractivity contribution in [2.75, 3.05) is 5.73 Å². The van der Waals surface area contributed by atoms with Gasteiger partial charge in [-0.15, -0.1) is 0 Å². The number of nitrogen functional groups attached to an aromatic ring is 1. The highest BCUT2D eigenvalue weighted by Crippen LogP contribution is 2.28. The normalized spacial score (nSPS) is 15.5. The van der Waals surface area contributed by atoms with Crippen LogP contribution in [0.25, 0.3) is 21.6 Å². The number of halogens is 1. The summed E-state index contributed by atoms with van der Waals surface area (Å²) in [6.07, 6.45) is 3.37. The molecule has 0 saturated heterocycles. The van der Waals surface area contributed by atoms with Crippen molar-refractivity contribution in [1.29, 1.82) is 0 Å². The Bertz CT molecular complexity index is 1340. The first-order valence-corrected chi connectivity index (χ1v) is 9.70. The molecule has 0 aliphatic heterocycles. The molecule has 1 aliphatic carbocycles. The van der Waals surface area contributed by atoms with Crippen LogP contribution >= 0.6 is 27.3 Å². The Balaban J connectivity index is 1.88. The van der Waals surface area contributed by atoms with Gasteiger partial charge in [0.15, 0.2) is 5.78 Å². The zero-order valence-corrected chi connectivity index (χ0v) is 16.8. The van der Waals surface area contributed by atoms with Crippen LogP contribution in [0.3, 0.4) is 0 Å². The van der Waals surface area contributed by atoms with Crippen LogP contribution in [0.4, 0.5) is 5.82 Å². The highest BCUT2D eigenvalue weighted by atomic mass is 79.9. The van der Waals surface area contributed by atoms with Crippen molar-refractivity contribution in [2.24, 2.45) is 0 Å². The second kappa shape index (κ2) is 7.18. The van der Waals surface area contributed by atoms with E-state index < -0.39 is 16.3 Å². The molecule has 2 aromatic heterocycles. The number of ketones is 1. The largest absolute Gasteiger partial charge is 0.383 e. The van der Waals surface area contributed by atoms with Gasteiger partial charge in [0.1, 0.15) is 10.8 Å². The molecular weight excluding hydrogens is 462 g/mol. The number of Topliss-reactive ketones (excluding diaryl/α,β-unsaturated/α-hetero) is 1. The third kappa shape index (κ3) is 3.41. The topological polar surface area (TPSA) is 133 Å². The summed E-state index contributed by atoms with van der Waals surface area (Å²) in [5, 5.41) is 16.1. The van der Waals surface area contributed by atoms with Crippen molar-refractivity contribution in [3.63, 3.8) is 0 Å². The number of nitro groups is 1. The number of nitrogens with two attached hydrogens (primary N) is 1. The number of allylic oxidation sites excluding steroid dienone is 4. The summed E-state index contributed by atoms with van der Waals surface area (Å²) >= 11 is 4.20. The smallest absolute Gasteiger partial charge is 0.283 e. The molecule has 0 fully saturated rings. The molecule has 3 aromatic rings. The van der Waals surface area contributed by atoms with E-state index in [2.05, 4.69) is 26.0 Å². The fourth-order valence-electron chi connectivity index (χ4n) is 2.68. The molecule has 11 heteroatoms. The molecule has 4 rings (SSSR count). The maximum absolute atomic E-state index is 12.5. The molecule has 1 aliphatic rings. The minimum atomic E-state index is -0.659. The van der Waals surface area contributed by atoms with Crippen molar-refractivity contribution in [2.45, 2.75) is 0 Å². The lowest BCUT2D eigenvalue weighted by Gasteiger charge is -2.07. The van der Waals surface area contributed by atoms with Gasteiger partial charge in [-0.2, -0.15) is 14.6 Å². The quantitative estimate of drug-likeness (QED) is 0.352. The molecule has 144 valence electrons. The van der Waals surface area contributed by atoms with Gasteiger partial charge >= 0.3 is 0 Å². The minimum Gasteiger partial charge on any atom is -0.383 e. The van der Waals surface area contributed by atoms with Crippen LogP contribution in [0.2, 0.25) is 0 Å². The average Bonchev–Trinajstić information content (AvgIpc) is 3.12. The number of hydrogen-bond donors (Lipinski definition) is 1. The van der Waals surface area contributed by atoms with E-state index in [0.717, 1.165) is 17.7 Å². The van der Waals surface area contributed by atoms with Crippen LogP contribution in [0.5, 0.6) is 0 Å². The molecule has 2 heterocycles. The first-order chi connectivity index (χ1) is 13.8. The summed E-state index contributed by atoms with van der Waals surface area (Å²) in [4.78, 5) is 39.6. The fourth-order valence-corrected chi connectivity index (χ4v) is 4.05. The average molecular weight is 472 g/mol. The van der Waals surface area contributed by atoms with Crippen LogP contribution in [0, 0.1) is 10.1 Å². The third-order valence-electron chi connectivity index (χ3n) is 4.08. The van der Waals surface area contributed by atoms with Gasteiger partial charge in [0.2, 0.25) is 4.96 Å². The van der Waals surface area contributed by atoms with Gasteiger partial charge in [-0.3, -0.25) is 19.7 Å². The van der Waals surface area contributed by atoms with E-state index in [4.69, 9.17) is 5.73 Å². The Morgan fingerprint density at radius 2 is 1.93 bits per heavy atom.